The normalized spacial score (nSPS) is 12.8. The van der Waals surface area contributed by atoms with E-state index in [2.05, 4.69) is 24.9 Å². The van der Waals surface area contributed by atoms with Crippen LogP contribution in [0.5, 0.6) is 0 Å². The Hall–Kier alpha value is 0.110. The maximum Gasteiger partial charge on any atom is 0.101 e. The van der Waals surface area contributed by atoms with E-state index < -0.39 is 0 Å². The molecule has 0 heterocycles. The van der Waals surface area contributed by atoms with Crippen molar-refractivity contribution in [3.8, 4) is 0 Å². The van der Waals surface area contributed by atoms with Gasteiger partial charge >= 0.3 is 0 Å². The molecule has 0 amide bonds. The molecular weight excluding hydrogens is 174 g/mol. The smallest absolute Gasteiger partial charge is 0.101 e. The zero-order chi connectivity index (χ0) is 8.53. The van der Waals surface area contributed by atoms with Crippen LogP contribution in [0.3, 0.4) is 0 Å². The molecule has 1 nitrogen and oxygen atoms in total. The molecule has 0 aromatic carbocycles. The van der Waals surface area contributed by atoms with Gasteiger partial charge in [0.2, 0.25) is 0 Å². The van der Waals surface area contributed by atoms with Crippen LogP contribution < -0.4 is 0 Å². The van der Waals surface area contributed by atoms with Gasteiger partial charge in [0.15, 0.2) is 0 Å². The number of nitrogens with zero attached hydrogens (tertiary/aromatic N) is 1. The Morgan fingerprint density at radius 3 is 2.64 bits per heavy atom. The Kier molecular flexibility index (Phi) is 8.29. The Labute approximate surface area is 77.1 Å². The quantitative estimate of drug-likeness (QED) is 0.382. The van der Waals surface area contributed by atoms with Gasteiger partial charge in [-0.25, -0.2) is 0 Å². The van der Waals surface area contributed by atoms with E-state index in [-0.39, 0.29) is 0 Å². The fourth-order valence-corrected chi connectivity index (χ4v) is 2.18. The zero-order valence-electron chi connectivity index (χ0n) is 7.33. The second-order valence-electron chi connectivity index (χ2n) is 1.80. The van der Waals surface area contributed by atoms with Crippen molar-refractivity contribution in [3.63, 3.8) is 0 Å². The number of rotatable bonds is 4. The van der Waals surface area contributed by atoms with Crippen molar-refractivity contribution in [1.82, 2.24) is 0 Å². The van der Waals surface area contributed by atoms with Crippen LogP contribution in [0.2, 0.25) is 0 Å². The monoisotopic (exact) mass is 189 g/mol. The Bertz CT molecular complexity index is 141. The SMILES string of the molecule is C/C=C\C(=NCC)SSCC. The summed E-state index contributed by atoms with van der Waals surface area (Å²) in [4.78, 5) is 4.32. The molecule has 0 aliphatic heterocycles. The first kappa shape index (κ1) is 11.1. The van der Waals surface area contributed by atoms with Crippen molar-refractivity contribution in [1.29, 1.82) is 0 Å². The van der Waals surface area contributed by atoms with Gasteiger partial charge < -0.3 is 0 Å². The molecule has 0 unspecified atom stereocenters. The van der Waals surface area contributed by atoms with Crippen LogP contribution in [-0.4, -0.2) is 17.3 Å². The highest BCUT2D eigenvalue weighted by molar-refractivity contribution is 8.82. The maximum absolute atomic E-state index is 4.32. The van der Waals surface area contributed by atoms with Crippen molar-refractivity contribution in [2.24, 2.45) is 4.99 Å². The van der Waals surface area contributed by atoms with Gasteiger partial charge in [-0.15, -0.1) is 0 Å². The summed E-state index contributed by atoms with van der Waals surface area (Å²) in [5, 5.41) is 1.13. The van der Waals surface area contributed by atoms with E-state index in [1.165, 1.54) is 0 Å². The molecule has 0 bridgehead atoms. The van der Waals surface area contributed by atoms with Crippen LogP contribution in [0.4, 0.5) is 0 Å². The molecule has 0 saturated carbocycles. The topological polar surface area (TPSA) is 12.4 Å². The molecule has 0 saturated heterocycles. The predicted molar refractivity (Wildman–Crippen MR) is 58.5 cm³/mol. The third kappa shape index (κ3) is 6.51. The highest BCUT2D eigenvalue weighted by Gasteiger charge is 1.92. The molecule has 0 atom stereocenters. The number of hydrogen-bond donors (Lipinski definition) is 0. The van der Waals surface area contributed by atoms with Crippen LogP contribution in [0, 0.1) is 0 Å². The first-order valence-corrected chi connectivity index (χ1v) is 6.13. The van der Waals surface area contributed by atoms with Gasteiger partial charge in [-0.1, -0.05) is 23.8 Å². The zero-order valence-corrected chi connectivity index (χ0v) is 8.97. The average Bonchev–Trinajstić information content (AvgIpc) is 2.01. The minimum atomic E-state index is 0.872. The number of aliphatic imine (C=N–C) groups is 1. The predicted octanol–water partition coefficient (Wildman–Crippen LogP) is 3.38. The van der Waals surface area contributed by atoms with E-state index in [0.717, 1.165) is 17.3 Å². The molecule has 0 radical (unpaired) electrons. The Balaban J connectivity index is 3.79. The third-order valence-corrected chi connectivity index (χ3v) is 3.25. The van der Waals surface area contributed by atoms with Gasteiger partial charge in [0.1, 0.15) is 5.04 Å². The molecule has 0 aromatic rings. The molecule has 0 aliphatic carbocycles. The van der Waals surface area contributed by atoms with Crippen molar-refractivity contribution >= 4 is 26.6 Å². The Morgan fingerprint density at radius 2 is 2.18 bits per heavy atom. The van der Waals surface area contributed by atoms with Crippen LogP contribution >= 0.6 is 21.6 Å². The van der Waals surface area contributed by atoms with Gasteiger partial charge in [-0.3, -0.25) is 4.99 Å². The van der Waals surface area contributed by atoms with Crippen molar-refractivity contribution in [2.45, 2.75) is 20.8 Å². The van der Waals surface area contributed by atoms with Crippen LogP contribution in [-0.2, 0) is 0 Å². The minimum absolute atomic E-state index is 0.872. The van der Waals surface area contributed by atoms with Crippen molar-refractivity contribution in [3.05, 3.63) is 12.2 Å². The summed E-state index contributed by atoms with van der Waals surface area (Å²) in [5.41, 5.74) is 0. The van der Waals surface area contributed by atoms with E-state index in [1.807, 2.05) is 23.8 Å². The fraction of sp³-hybridized carbons (Fsp3) is 0.625. The van der Waals surface area contributed by atoms with Crippen LogP contribution in [0.15, 0.2) is 17.1 Å². The molecule has 0 rings (SSSR count). The number of hydrogen-bond acceptors (Lipinski definition) is 3. The lowest BCUT2D eigenvalue weighted by atomic mass is 10.5. The van der Waals surface area contributed by atoms with Crippen LogP contribution in [0.25, 0.3) is 0 Å². The summed E-state index contributed by atoms with van der Waals surface area (Å²) in [5.74, 6) is 1.13. The second-order valence-corrected chi connectivity index (χ2v) is 4.41. The van der Waals surface area contributed by atoms with E-state index >= 15 is 0 Å². The number of allylic oxidation sites excluding steroid dienone is 1. The molecule has 11 heavy (non-hydrogen) atoms. The highest BCUT2D eigenvalue weighted by atomic mass is 33.1. The van der Waals surface area contributed by atoms with Gasteiger partial charge in [0.25, 0.3) is 0 Å². The summed E-state index contributed by atoms with van der Waals surface area (Å²) in [6, 6.07) is 0. The molecule has 0 N–H and O–H groups in total. The second kappa shape index (κ2) is 8.21. The minimum Gasteiger partial charge on any atom is -0.278 e. The van der Waals surface area contributed by atoms with Crippen molar-refractivity contribution in [2.75, 3.05) is 12.3 Å². The summed E-state index contributed by atoms with van der Waals surface area (Å²) in [6.45, 7) is 7.09. The molecule has 0 aromatic heterocycles. The lowest BCUT2D eigenvalue weighted by Crippen LogP contribution is -1.84. The summed E-state index contributed by atoms with van der Waals surface area (Å²) < 4.78 is 0. The first-order chi connectivity index (χ1) is 5.35. The lowest BCUT2D eigenvalue weighted by Gasteiger charge is -1.96. The highest BCUT2D eigenvalue weighted by Crippen LogP contribution is 2.22. The summed E-state index contributed by atoms with van der Waals surface area (Å²) in [6.07, 6.45) is 4.08. The molecular formula is C8H15NS2. The van der Waals surface area contributed by atoms with E-state index in [1.54, 1.807) is 10.8 Å². The van der Waals surface area contributed by atoms with Gasteiger partial charge in [-0.05, 0) is 30.7 Å². The van der Waals surface area contributed by atoms with Crippen molar-refractivity contribution < 1.29 is 0 Å². The average molecular weight is 189 g/mol. The Morgan fingerprint density at radius 1 is 1.45 bits per heavy atom. The van der Waals surface area contributed by atoms with E-state index in [9.17, 15) is 0 Å². The lowest BCUT2D eigenvalue weighted by molar-refractivity contribution is 1.14. The largest absolute Gasteiger partial charge is 0.278 e. The molecule has 3 heteroatoms. The van der Waals surface area contributed by atoms with Gasteiger partial charge in [0, 0.05) is 12.3 Å². The fourth-order valence-electron chi connectivity index (χ4n) is 0.525. The van der Waals surface area contributed by atoms with Gasteiger partial charge in [0.05, 0.1) is 0 Å². The van der Waals surface area contributed by atoms with Gasteiger partial charge in [-0.2, -0.15) is 0 Å². The van der Waals surface area contributed by atoms with E-state index in [4.69, 9.17) is 0 Å². The van der Waals surface area contributed by atoms with Crippen LogP contribution in [0.1, 0.15) is 20.8 Å². The molecule has 0 spiro atoms. The maximum atomic E-state index is 4.32. The van der Waals surface area contributed by atoms with E-state index in [0.29, 0.717) is 0 Å². The molecule has 0 aliphatic rings. The standard InChI is InChI=1S/C8H15NS2/c1-4-7-8(9-5-2)11-10-6-3/h4,7H,5-6H2,1-3H3/b7-4-,9-8?. The third-order valence-electron chi connectivity index (χ3n) is 0.885. The summed E-state index contributed by atoms with van der Waals surface area (Å²) >= 11 is 0. The first-order valence-electron chi connectivity index (χ1n) is 3.81. The molecule has 0 fully saturated rings. The molecule has 64 valence electrons. The summed E-state index contributed by atoms with van der Waals surface area (Å²) in [7, 11) is 3.58.